The van der Waals surface area contributed by atoms with Crippen LogP contribution in [0.25, 0.3) is 21.8 Å². The van der Waals surface area contributed by atoms with Gasteiger partial charge in [0.1, 0.15) is 17.0 Å². The number of pyridine rings is 1. The summed E-state index contributed by atoms with van der Waals surface area (Å²) in [5, 5.41) is 1.11. The largest absolute Gasteiger partial charge is 0.497 e. The van der Waals surface area contributed by atoms with Gasteiger partial charge in [0.05, 0.1) is 31.7 Å². The minimum atomic E-state index is -0.351. The first-order valence-electron chi connectivity index (χ1n) is 9.31. The molecule has 29 heavy (non-hydrogen) atoms. The van der Waals surface area contributed by atoms with E-state index in [2.05, 4.69) is 4.98 Å². The highest BCUT2D eigenvalue weighted by Gasteiger charge is 2.17. The molecule has 7 heteroatoms. The molecule has 2 aromatic heterocycles. The number of hydrogen-bond acceptors (Lipinski definition) is 5. The van der Waals surface area contributed by atoms with Crippen LogP contribution in [0.3, 0.4) is 0 Å². The van der Waals surface area contributed by atoms with Crippen molar-refractivity contribution in [2.75, 3.05) is 14.2 Å². The number of para-hydroxylation sites is 1. The van der Waals surface area contributed by atoms with Crippen molar-refractivity contribution in [2.24, 2.45) is 0 Å². The third kappa shape index (κ3) is 3.04. The second-order valence-corrected chi connectivity index (χ2v) is 6.64. The summed E-state index contributed by atoms with van der Waals surface area (Å²) in [5.41, 5.74) is 1.40. The Morgan fingerprint density at radius 3 is 2.34 bits per heavy atom. The summed E-state index contributed by atoms with van der Waals surface area (Å²) in [6, 6.07) is 13.0. The molecule has 0 saturated carbocycles. The summed E-state index contributed by atoms with van der Waals surface area (Å²) in [5.74, 6) is 1.33. The van der Waals surface area contributed by atoms with Crippen molar-refractivity contribution in [2.45, 2.75) is 20.0 Å². The lowest BCUT2D eigenvalue weighted by atomic mass is 10.1. The van der Waals surface area contributed by atoms with Crippen molar-refractivity contribution >= 4 is 21.8 Å². The van der Waals surface area contributed by atoms with Crippen LogP contribution < -0.4 is 20.7 Å². The van der Waals surface area contributed by atoms with E-state index in [1.165, 1.54) is 10.8 Å². The Labute approximate surface area is 166 Å². The van der Waals surface area contributed by atoms with Gasteiger partial charge in [-0.2, -0.15) is 0 Å². The summed E-state index contributed by atoms with van der Waals surface area (Å²) in [6.07, 6.45) is 1.53. The van der Waals surface area contributed by atoms with Crippen LogP contribution >= 0.6 is 0 Å². The number of methoxy groups -OCH3 is 2. The first-order valence-corrected chi connectivity index (χ1v) is 9.31. The Hall–Kier alpha value is -3.61. The highest BCUT2D eigenvalue weighted by Crippen LogP contribution is 2.28. The summed E-state index contributed by atoms with van der Waals surface area (Å²) in [7, 11) is 3.18. The molecule has 4 aromatic rings. The van der Waals surface area contributed by atoms with E-state index < -0.39 is 0 Å². The highest BCUT2D eigenvalue weighted by molar-refractivity contribution is 6.04. The molecule has 0 aliphatic rings. The van der Waals surface area contributed by atoms with Crippen molar-refractivity contribution in [3.05, 3.63) is 75.1 Å². The number of fused-ring (bicyclic) bond motifs is 3. The minimum absolute atomic E-state index is 0.284. The van der Waals surface area contributed by atoms with Crippen molar-refractivity contribution in [1.82, 2.24) is 14.1 Å². The molecular formula is C22H21N3O4. The number of hydrogen-bond donors (Lipinski definition) is 0. The maximum Gasteiger partial charge on any atom is 0.331 e. The van der Waals surface area contributed by atoms with E-state index in [-0.39, 0.29) is 17.8 Å². The smallest absolute Gasteiger partial charge is 0.331 e. The average molecular weight is 391 g/mol. The Morgan fingerprint density at radius 2 is 1.69 bits per heavy atom. The van der Waals surface area contributed by atoms with Crippen LogP contribution in [0.1, 0.15) is 12.5 Å². The molecule has 0 bridgehead atoms. The van der Waals surface area contributed by atoms with Crippen LogP contribution in [0.2, 0.25) is 0 Å². The Morgan fingerprint density at radius 1 is 0.931 bits per heavy atom. The second-order valence-electron chi connectivity index (χ2n) is 6.64. The predicted octanol–water partition coefficient (Wildman–Crippen LogP) is 2.80. The molecule has 2 aromatic carbocycles. The van der Waals surface area contributed by atoms with Crippen molar-refractivity contribution in [3.63, 3.8) is 0 Å². The van der Waals surface area contributed by atoms with Crippen molar-refractivity contribution < 1.29 is 9.47 Å². The fourth-order valence-corrected chi connectivity index (χ4v) is 3.61. The van der Waals surface area contributed by atoms with Crippen molar-refractivity contribution in [1.29, 1.82) is 0 Å². The highest BCUT2D eigenvalue weighted by atomic mass is 16.5. The summed E-state index contributed by atoms with van der Waals surface area (Å²) >= 11 is 0. The topological polar surface area (TPSA) is 75.3 Å². The molecule has 0 N–H and O–H groups in total. The lowest BCUT2D eigenvalue weighted by Crippen LogP contribution is -2.40. The molecule has 0 atom stereocenters. The van der Waals surface area contributed by atoms with Gasteiger partial charge in [-0.3, -0.25) is 18.9 Å². The van der Waals surface area contributed by atoms with E-state index in [0.717, 1.165) is 11.3 Å². The molecule has 148 valence electrons. The van der Waals surface area contributed by atoms with Crippen LogP contribution in [-0.2, 0) is 13.1 Å². The van der Waals surface area contributed by atoms with E-state index in [0.29, 0.717) is 34.1 Å². The molecule has 0 radical (unpaired) electrons. The molecule has 0 saturated heterocycles. The van der Waals surface area contributed by atoms with Gasteiger partial charge in [-0.1, -0.05) is 24.3 Å². The third-order valence-corrected chi connectivity index (χ3v) is 5.08. The van der Waals surface area contributed by atoms with Gasteiger partial charge in [-0.15, -0.1) is 0 Å². The van der Waals surface area contributed by atoms with Gasteiger partial charge in [0.25, 0.3) is 5.56 Å². The summed E-state index contributed by atoms with van der Waals surface area (Å²) < 4.78 is 13.5. The quantitative estimate of drug-likeness (QED) is 0.489. The van der Waals surface area contributed by atoms with Gasteiger partial charge in [-0.05, 0) is 30.7 Å². The van der Waals surface area contributed by atoms with E-state index in [4.69, 9.17) is 9.47 Å². The molecule has 0 fully saturated rings. The first-order chi connectivity index (χ1) is 14.1. The summed E-state index contributed by atoms with van der Waals surface area (Å²) in [4.78, 5) is 30.6. The van der Waals surface area contributed by atoms with Gasteiger partial charge >= 0.3 is 5.69 Å². The van der Waals surface area contributed by atoms with Crippen LogP contribution in [0.5, 0.6) is 11.5 Å². The van der Waals surface area contributed by atoms with Crippen LogP contribution in [0.15, 0.2) is 58.3 Å². The van der Waals surface area contributed by atoms with Gasteiger partial charge in [0.2, 0.25) is 0 Å². The maximum absolute atomic E-state index is 13.2. The number of nitrogens with zero attached hydrogens (tertiary/aromatic N) is 3. The Balaban J connectivity index is 2.08. The SMILES string of the molecule is CCn1c(=O)c2cnc3c(OC)cccc3c2n(Cc2ccc(OC)cc2)c1=O. The van der Waals surface area contributed by atoms with E-state index >= 15 is 0 Å². The Bertz CT molecular complexity index is 1320. The monoisotopic (exact) mass is 391 g/mol. The summed E-state index contributed by atoms with van der Waals surface area (Å²) in [6.45, 7) is 2.38. The van der Waals surface area contributed by atoms with Crippen LogP contribution in [0, 0.1) is 0 Å². The van der Waals surface area contributed by atoms with E-state index in [9.17, 15) is 9.59 Å². The van der Waals surface area contributed by atoms with Crippen LogP contribution in [0.4, 0.5) is 0 Å². The molecule has 0 aliphatic carbocycles. The zero-order valence-electron chi connectivity index (χ0n) is 16.5. The second kappa shape index (κ2) is 7.43. The lowest BCUT2D eigenvalue weighted by molar-refractivity contribution is 0.414. The fourth-order valence-electron chi connectivity index (χ4n) is 3.61. The molecule has 0 unspecified atom stereocenters. The molecular weight excluding hydrogens is 370 g/mol. The molecule has 4 rings (SSSR count). The number of rotatable bonds is 5. The van der Waals surface area contributed by atoms with Gasteiger partial charge in [-0.25, -0.2) is 4.79 Å². The standard InChI is InChI=1S/C22H21N3O4/c1-4-24-21(26)17-12-23-19-16(6-5-7-18(19)29-3)20(17)25(22(24)27)13-14-8-10-15(28-2)11-9-14/h5-12H,4,13H2,1-3H3. The van der Waals surface area contributed by atoms with E-state index in [1.807, 2.05) is 36.4 Å². The van der Waals surface area contributed by atoms with Gasteiger partial charge < -0.3 is 9.47 Å². The van der Waals surface area contributed by atoms with E-state index in [1.54, 1.807) is 31.8 Å². The number of aromatic nitrogens is 3. The van der Waals surface area contributed by atoms with Crippen molar-refractivity contribution in [3.8, 4) is 11.5 Å². The lowest BCUT2D eigenvalue weighted by Gasteiger charge is -2.16. The average Bonchev–Trinajstić information content (AvgIpc) is 2.76. The van der Waals surface area contributed by atoms with Crippen LogP contribution in [-0.4, -0.2) is 28.3 Å². The number of ether oxygens (including phenoxy) is 2. The van der Waals surface area contributed by atoms with Gasteiger partial charge in [0, 0.05) is 18.1 Å². The third-order valence-electron chi connectivity index (χ3n) is 5.08. The fraction of sp³-hybridized carbons (Fsp3) is 0.227. The molecule has 0 aliphatic heterocycles. The zero-order chi connectivity index (χ0) is 20.5. The minimum Gasteiger partial charge on any atom is -0.497 e. The molecule has 0 spiro atoms. The predicted molar refractivity (Wildman–Crippen MR) is 112 cm³/mol. The molecule has 0 amide bonds. The number of benzene rings is 2. The normalized spacial score (nSPS) is 11.1. The molecule has 2 heterocycles. The molecule has 7 nitrogen and oxygen atoms in total. The first kappa shape index (κ1) is 18.7. The maximum atomic E-state index is 13.2. The zero-order valence-corrected chi connectivity index (χ0v) is 16.5. The Kier molecular flexibility index (Phi) is 4.80. The van der Waals surface area contributed by atoms with Gasteiger partial charge in [0.15, 0.2) is 0 Å².